The maximum Gasteiger partial charge on any atom is 0.132 e. The number of Topliss-reactive ketones (excluding diaryl/α,β-unsaturated/α-hetero) is 1. The zero-order valence-corrected chi connectivity index (χ0v) is 16.8. The Labute approximate surface area is 152 Å². The fourth-order valence-corrected chi connectivity index (χ4v) is 3.23. The molecule has 0 fully saturated rings. The summed E-state index contributed by atoms with van der Waals surface area (Å²) < 4.78 is 4.97. The summed E-state index contributed by atoms with van der Waals surface area (Å²) in [7, 11) is 1.69. The van der Waals surface area contributed by atoms with E-state index in [1.807, 2.05) is 0 Å². The second kappa shape index (κ2) is 20.7. The lowest BCUT2D eigenvalue weighted by Crippen LogP contribution is -2.00. The summed E-state index contributed by atoms with van der Waals surface area (Å²) in [6.45, 7) is 2.99. The van der Waals surface area contributed by atoms with Crippen molar-refractivity contribution < 1.29 is 9.53 Å². The Hall–Kier alpha value is -0.370. The van der Waals surface area contributed by atoms with Crippen molar-refractivity contribution >= 4 is 5.78 Å². The average molecular weight is 341 g/mol. The van der Waals surface area contributed by atoms with E-state index in [1.54, 1.807) is 7.11 Å². The van der Waals surface area contributed by atoms with Crippen LogP contribution in [0.2, 0.25) is 0 Å². The van der Waals surface area contributed by atoms with Gasteiger partial charge in [-0.15, -0.1) is 0 Å². The number of rotatable bonds is 20. The monoisotopic (exact) mass is 340 g/mol. The van der Waals surface area contributed by atoms with Crippen LogP contribution in [0.3, 0.4) is 0 Å². The van der Waals surface area contributed by atoms with E-state index in [0.717, 1.165) is 19.3 Å². The number of ether oxygens (including phenoxy) is 1. The molecule has 0 aliphatic rings. The Morgan fingerprint density at radius 3 is 1.38 bits per heavy atom. The van der Waals surface area contributed by atoms with E-state index in [1.165, 1.54) is 89.9 Å². The maximum atomic E-state index is 11.6. The largest absolute Gasteiger partial charge is 0.385 e. The van der Waals surface area contributed by atoms with Gasteiger partial charge in [0.2, 0.25) is 0 Å². The number of carbonyl (C=O) groups excluding carboxylic acids is 1. The fourth-order valence-electron chi connectivity index (χ4n) is 3.23. The molecule has 0 aromatic heterocycles. The molecule has 0 rings (SSSR count). The first-order valence-electron chi connectivity index (χ1n) is 10.8. The maximum absolute atomic E-state index is 11.6. The van der Waals surface area contributed by atoms with Crippen molar-refractivity contribution in [3.05, 3.63) is 0 Å². The summed E-state index contributed by atoms with van der Waals surface area (Å²) in [6.07, 6.45) is 23.0. The van der Waals surface area contributed by atoms with Gasteiger partial charge >= 0.3 is 0 Å². The fraction of sp³-hybridized carbons (Fsp3) is 0.955. The molecule has 0 aromatic carbocycles. The molecule has 0 N–H and O–H groups in total. The summed E-state index contributed by atoms with van der Waals surface area (Å²) in [6, 6.07) is 0. The Morgan fingerprint density at radius 1 is 0.583 bits per heavy atom. The number of hydrogen-bond donors (Lipinski definition) is 0. The lowest BCUT2D eigenvalue weighted by molar-refractivity contribution is -0.119. The van der Waals surface area contributed by atoms with E-state index >= 15 is 0 Å². The van der Waals surface area contributed by atoms with Crippen molar-refractivity contribution in [1.29, 1.82) is 0 Å². The number of carbonyl (C=O) groups is 1. The van der Waals surface area contributed by atoms with Gasteiger partial charge in [0.25, 0.3) is 0 Å². The van der Waals surface area contributed by atoms with Gasteiger partial charge in [0.05, 0.1) is 0 Å². The Bertz CT molecular complexity index is 250. The second-order valence-corrected chi connectivity index (χ2v) is 7.33. The molecule has 0 saturated heterocycles. The summed E-state index contributed by atoms with van der Waals surface area (Å²) in [4.78, 5) is 11.6. The third-order valence-corrected chi connectivity index (χ3v) is 4.86. The summed E-state index contributed by atoms with van der Waals surface area (Å²) in [5.74, 6) is 0.418. The van der Waals surface area contributed by atoms with E-state index in [-0.39, 0.29) is 0 Å². The van der Waals surface area contributed by atoms with Gasteiger partial charge < -0.3 is 4.74 Å². The van der Waals surface area contributed by atoms with Crippen LogP contribution < -0.4 is 0 Å². The zero-order valence-electron chi connectivity index (χ0n) is 16.8. The summed E-state index contributed by atoms with van der Waals surface area (Å²) in [5.41, 5.74) is 0. The third kappa shape index (κ3) is 19.7. The molecule has 0 saturated carbocycles. The lowest BCUT2D eigenvalue weighted by atomic mass is 10.0. The molecule has 0 atom stereocenters. The molecule has 144 valence electrons. The summed E-state index contributed by atoms with van der Waals surface area (Å²) >= 11 is 0. The van der Waals surface area contributed by atoms with Crippen LogP contribution in [-0.4, -0.2) is 19.5 Å². The van der Waals surface area contributed by atoms with Gasteiger partial charge in [0, 0.05) is 26.6 Å². The van der Waals surface area contributed by atoms with Gasteiger partial charge in [-0.25, -0.2) is 0 Å². The molecule has 0 amide bonds. The topological polar surface area (TPSA) is 26.3 Å². The molecule has 0 radical (unpaired) electrons. The minimum Gasteiger partial charge on any atom is -0.385 e. The molecular weight excluding hydrogens is 296 g/mol. The van der Waals surface area contributed by atoms with Crippen molar-refractivity contribution in [2.24, 2.45) is 0 Å². The molecule has 24 heavy (non-hydrogen) atoms. The van der Waals surface area contributed by atoms with Crippen molar-refractivity contribution in [1.82, 2.24) is 0 Å². The Kier molecular flexibility index (Phi) is 20.4. The van der Waals surface area contributed by atoms with Crippen molar-refractivity contribution in [3.63, 3.8) is 0 Å². The van der Waals surface area contributed by atoms with Gasteiger partial charge in [-0.1, -0.05) is 96.8 Å². The predicted octanol–water partition coefficient (Wildman–Crippen LogP) is 7.24. The van der Waals surface area contributed by atoms with E-state index in [0.29, 0.717) is 18.8 Å². The standard InChI is InChI=1S/C22H44O2/c1-3-4-5-6-7-8-9-10-11-12-13-14-15-16-17-19-22(23)20-18-21-24-2/h3-21H2,1-2H3. The average Bonchev–Trinajstić information content (AvgIpc) is 2.58. The minimum absolute atomic E-state index is 0.418. The number of unbranched alkanes of at least 4 members (excludes halogenated alkanes) is 14. The molecule has 0 bridgehead atoms. The van der Waals surface area contributed by atoms with Crippen molar-refractivity contribution in [2.75, 3.05) is 13.7 Å². The molecule has 2 heteroatoms. The smallest absolute Gasteiger partial charge is 0.132 e. The highest BCUT2D eigenvalue weighted by Crippen LogP contribution is 2.14. The van der Waals surface area contributed by atoms with Gasteiger partial charge in [-0.2, -0.15) is 0 Å². The highest BCUT2D eigenvalue weighted by molar-refractivity contribution is 5.78. The van der Waals surface area contributed by atoms with Crippen LogP contribution in [-0.2, 0) is 9.53 Å². The number of methoxy groups -OCH3 is 1. The SMILES string of the molecule is CCCCCCCCCCCCCCCCCC(=O)CCCOC. The first-order valence-corrected chi connectivity index (χ1v) is 10.8. The Morgan fingerprint density at radius 2 is 0.958 bits per heavy atom. The first-order chi connectivity index (χ1) is 11.8. The molecule has 0 aliphatic carbocycles. The lowest BCUT2D eigenvalue weighted by Gasteiger charge is -2.03. The van der Waals surface area contributed by atoms with Crippen LogP contribution in [0, 0.1) is 0 Å². The Balaban J connectivity index is 3.06. The van der Waals surface area contributed by atoms with Crippen LogP contribution in [0.1, 0.15) is 122 Å². The zero-order chi connectivity index (χ0) is 17.7. The molecule has 0 spiro atoms. The molecule has 0 heterocycles. The van der Waals surface area contributed by atoms with Crippen LogP contribution in [0.15, 0.2) is 0 Å². The van der Waals surface area contributed by atoms with E-state index in [4.69, 9.17) is 4.74 Å². The normalized spacial score (nSPS) is 11.1. The van der Waals surface area contributed by atoms with Crippen LogP contribution >= 0.6 is 0 Å². The van der Waals surface area contributed by atoms with Gasteiger partial charge in [0.1, 0.15) is 5.78 Å². The van der Waals surface area contributed by atoms with Gasteiger partial charge in [-0.3, -0.25) is 4.79 Å². The summed E-state index contributed by atoms with van der Waals surface area (Å²) in [5, 5.41) is 0. The van der Waals surface area contributed by atoms with Gasteiger partial charge in [0.15, 0.2) is 0 Å². The van der Waals surface area contributed by atoms with Crippen molar-refractivity contribution in [3.8, 4) is 0 Å². The molecular formula is C22H44O2. The van der Waals surface area contributed by atoms with E-state index in [9.17, 15) is 4.79 Å². The first kappa shape index (κ1) is 23.6. The molecule has 2 nitrogen and oxygen atoms in total. The van der Waals surface area contributed by atoms with Crippen LogP contribution in [0.5, 0.6) is 0 Å². The third-order valence-electron chi connectivity index (χ3n) is 4.86. The van der Waals surface area contributed by atoms with Gasteiger partial charge in [-0.05, 0) is 12.8 Å². The molecule has 0 unspecified atom stereocenters. The van der Waals surface area contributed by atoms with Crippen molar-refractivity contribution in [2.45, 2.75) is 122 Å². The van der Waals surface area contributed by atoms with Crippen LogP contribution in [0.25, 0.3) is 0 Å². The highest BCUT2D eigenvalue weighted by Gasteiger charge is 2.01. The second-order valence-electron chi connectivity index (χ2n) is 7.33. The number of ketones is 1. The minimum atomic E-state index is 0.418. The molecule has 0 aromatic rings. The quantitative estimate of drug-likeness (QED) is 0.218. The van der Waals surface area contributed by atoms with E-state index in [2.05, 4.69) is 6.92 Å². The molecule has 0 aliphatic heterocycles. The number of hydrogen-bond acceptors (Lipinski definition) is 2. The van der Waals surface area contributed by atoms with Crippen LogP contribution in [0.4, 0.5) is 0 Å². The predicted molar refractivity (Wildman–Crippen MR) is 106 cm³/mol. The highest BCUT2D eigenvalue weighted by atomic mass is 16.5. The van der Waals surface area contributed by atoms with E-state index < -0.39 is 0 Å².